The Bertz CT molecular complexity index is 2200. The molecule has 2 spiro atoms. The summed E-state index contributed by atoms with van der Waals surface area (Å²) in [6, 6.07) is 56.8. The monoisotopic (exact) mass is 617 g/mol. The molecule has 0 aromatic heterocycles. The van der Waals surface area contributed by atoms with Crippen LogP contribution >= 0.6 is 0 Å². The lowest BCUT2D eigenvalue weighted by molar-refractivity contribution is -0.0193. The zero-order valence-corrected chi connectivity index (χ0v) is 27.2. The first-order valence-electron chi connectivity index (χ1n) is 18.1. The van der Waals surface area contributed by atoms with Crippen molar-refractivity contribution in [3.63, 3.8) is 0 Å². The van der Waals surface area contributed by atoms with Crippen LogP contribution in [0.25, 0.3) is 33.4 Å². The van der Waals surface area contributed by atoms with Gasteiger partial charge in [-0.3, -0.25) is 0 Å². The summed E-state index contributed by atoms with van der Waals surface area (Å²) >= 11 is 0. The summed E-state index contributed by atoms with van der Waals surface area (Å²) in [5.74, 6) is 3.44. The minimum atomic E-state index is 0.148. The highest BCUT2D eigenvalue weighted by molar-refractivity contribution is 5.99. The van der Waals surface area contributed by atoms with E-state index in [2.05, 4.69) is 157 Å². The molecule has 0 amide bonds. The van der Waals surface area contributed by atoms with Crippen molar-refractivity contribution >= 4 is 17.1 Å². The van der Waals surface area contributed by atoms with Crippen molar-refractivity contribution in [2.24, 2.45) is 29.1 Å². The van der Waals surface area contributed by atoms with Crippen molar-refractivity contribution in [1.29, 1.82) is 0 Å². The normalized spacial score (nSPS) is 28.2. The summed E-state index contributed by atoms with van der Waals surface area (Å²) < 4.78 is 0. The smallest absolute Gasteiger partial charge is 0.0543 e. The Morgan fingerprint density at radius 2 is 1.17 bits per heavy atom. The molecule has 1 nitrogen and oxygen atoms in total. The van der Waals surface area contributed by atoms with Gasteiger partial charge >= 0.3 is 0 Å². The van der Waals surface area contributed by atoms with Crippen molar-refractivity contribution in [3.8, 4) is 33.4 Å². The van der Waals surface area contributed by atoms with Crippen LogP contribution in [0, 0.1) is 29.1 Å². The molecular formula is C47H39N. The van der Waals surface area contributed by atoms with Gasteiger partial charge in [-0.15, -0.1) is 0 Å². The van der Waals surface area contributed by atoms with E-state index < -0.39 is 0 Å². The quantitative estimate of drug-likeness (QED) is 0.186. The van der Waals surface area contributed by atoms with E-state index in [-0.39, 0.29) is 5.41 Å². The van der Waals surface area contributed by atoms with Gasteiger partial charge in [-0.05, 0) is 125 Å². The Labute approximate surface area is 283 Å². The predicted molar refractivity (Wildman–Crippen MR) is 198 cm³/mol. The average molecular weight is 618 g/mol. The van der Waals surface area contributed by atoms with E-state index in [0.29, 0.717) is 5.41 Å². The fraction of sp³-hybridized carbons (Fsp3) is 0.234. The van der Waals surface area contributed by atoms with E-state index in [4.69, 9.17) is 0 Å². The van der Waals surface area contributed by atoms with Gasteiger partial charge in [-0.1, -0.05) is 121 Å². The minimum absolute atomic E-state index is 0.148. The molecule has 48 heavy (non-hydrogen) atoms. The first-order chi connectivity index (χ1) is 23.8. The third kappa shape index (κ3) is 3.42. The number of fused-ring (bicyclic) bond motifs is 9. The van der Waals surface area contributed by atoms with Crippen molar-refractivity contribution in [3.05, 3.63) is 163 Å². The molecule has 0 aliphatic heterocycles. The Hall–Kier alpha value is -4.88. The molecule has 6 aromatic rings. The summed E-state index contributed by atoms with van der Waals surface area (Å²) in [7, 11) is 0. The van der Waals surface area contributed by atoms with E-state index in [9.17, 15) is 0 Å². The highest BCUT2D eigenvalue weighted by Crippen LogP contribution is 2.83. The zero-order valence-electron chi connectivity index (χ0n) is 27.2. The Balaban J connectivity index is 1.18. The predicted octanol–water partition coefficient (Wildman–Crippen LogP) is 12.2. The number of para-hydroxylation sites is 1. The van der Waals surface area contributed by atoms with Crippen molar-refractivity contribution < 1.29 is 0 Å². The van der Waals surface area contributed by atoms with Gasteiger partial charge in [0.05, 0.1) is 11.4 Å². The van der Waals surface area contributed by atoms with Gasteiger partial charge in [0.25, 0.3) is 0 Å². The van der Waals surface area contributed by atoms with Gasteiger partial charge in [-0.25, -0.2) is 0 Å². The SMILES string of the molecule is c1ccc(-c2ccc(N(c3ccccc3)c3cccc4c3-c3ccccc3C43C4CC5CC6CC3C6(C5)C4)c(-c3ccccc3)c2)cc1. The van der Waals surface area contributed by atoms with Gasteiger partial charge in [0, 0.05) is 22.2 Å². The third-order valence-corrected chi connectivity index (χ3v) is 13.6. The van der Waals surface area contributed by atoms with Crippen LogP contribution in [0.2, 0.25) is 0 Å². The lowest BCUT2D eigenvalue weighted by Gasteiger charge is -2.54. The highest BCUT2D eigenvalue weighted by atomic mass is 15.1. The first kappa shape index (κ1) is 27.1. The fourth-order valence-electron chi connectivity index (χ4n) is 12.1. The van der Waals surface area contributed by atoms with Crippen molar-refractivity contribution in [1.82, 2.24) is 0 Å². The fourth-order valence-corrected chi connectivity index (χ4v) is 12.1. The summed E-state index contributed by atoms with van der Waals surface area (Å²) in [5, 5.41) is 0. The van der Waals surface area contributed by atoms with Crippen LogP contribution < -0.4 is 4.90 Å². The van der Waals surface area contributed by atoms with Crippen molar-refractivity contribution in [2.45, 2.75) is 37.5 Å². The maximum Gasteiger partial charge on any atom is 0.0543 e. The minimum Gasteiger partial charge on any atom is -0.309 e. The molecule has 5 aliphatic carbocycles. The van der Waals surface area contributed by atoms with Gasteiger partial charge in [-0.2, -0.15) is 0 Å². The molecule has 4 saturated carbocycles. The molecule has 5 aliphatic rings. The molecule has 3 bridgehead atoms. The Morgan fingerprint density at radius 3 is 1.98 bits per heavy atom. The molecule has 1 heteroatoms. The van der Waals surface area contributed by atoms with E-state index in [0.717, 1.165) is 23.7 Å². The van der Waals surface area contributed by atoms with Crippen LogP contribution in [0.5, 0.6) is 0 Å². The van der Waals surface area contributed by atoms with E-state index in [1.165, 1.54) is 82.5 Å². The van der Waals surface area contributed by atoms with Gasteiger partial charge < -0.3 is 4.90 Å². The summed E-state index contributed by atoms with van der Waals surface area (Å²) in [6.45, 7) is 0. The molecule has 6 aromatic carbocycles. The van der Waals surface area contributed by atoms with Gasteiger partial charge in [0.1, 0.15) is 0 Å². The van der Waals surface area contributed by atoms with Gasteiger partial charge in [0.15, 0.2) is 0 Å². The summed E-state index contributed by atoms with van der Waals surface area (Å²) in [5.41, 5.74) is 15.6. The summed E-state index contributed by atoms with van der Waals surface area (Å²) in [6.07, 6.45) is 7.27. The topological polar surface area (TPSA) is 3.24 Å². The molecule has 6 unspecified atom stereocenters. The van der Waals surface area contributed by atoms with Crippen LogP contribution in [0.1, 0.15) is 43.2 Å². The summed E-state index contributed by atoms with van der Waals surface area (Å²) in [4.78, 5) is 2.57. The molecule has 4 fully saturated rings. The number of benzene rings is 6. The molecule has 0 radical (unpaired) electrons. The molecular weight excluding hydrogens is 579 g/mol. The van der Waals surface area contributed by atoms with Crippen LogP contribution in [0.15, 0.2) is 152 Å². The number of nitrogens with zero attached hydrogens (tertiary/aromatic N) is 1. The standard InChI is InChI=1S/C47H39N/c1-4-13-32(14-5-1)34-23-24-42(39(27-34)33-15-6-2-7-16-33)48(37-17-8-3-9-18-37)43-22-12-21-41-45(43)38-19-10-11-20-40(38)47(41)36-26-31-25-35-28-44(47)46(35,29-31)30-36/h1-24,27,31,35-36,44H,25-26,28-30H2. The average Bonchev–Trinajstić information content (AvgIpc) is 3.61. The number of anilines is 3. The number of rotatable bonds is 5. The molecule has 0 saturated heterocycles. The second-order valence-corrected chi connectivity index (χ2v) is 15.4. The van der Waals surface area contributed by atoms with Crippen LogP contribution in [0.4, 0.5) is 17.1 Å². The van der Waals surface area contributed by atoms with E-state index in [1.807, 2.05) is 0 Å². The van der Waals surface area contributed by atoms with Crippen LogP contribution in [-0.4, -0.2) is 0 Å². The lowest BCUT2D eigenvalue weighted by Crippen LogP contribution is -2.50. The molecule has 232 valence electrons. The second-order valence-electron chi connectivity index (χ2n) is 15.4. The molecule has 11 rings (SSSR count). The maximum atomic E-state index is 2.57. The number of hydrogen-bond donors (Lipinski definition) is 0. The molecule has 6 atom stereocenters. The molecule has 0 heterocycles. The van der Waals surface area contributed by atoms with E-state index in [1.54, 1.807) is 11.1 Å². The third-order valence-electron chi connectivity index (χ3n) is 13.6. The Kier molecular flexibility index (Phi) is 5.55. The second kappa shape index (κ2) is 9.83. The largest absolute Gasteiger partial charge is 0.309 e. The van der Waals surface area contributed by atoms with Gasteiger partial charge in [0.2, 0.25) is 0 Å². The lowest BCUT2D eigenvalue weighted by atomic mass is 9.49. The zero-order chi connectivity index (χ0) is 31.5. The number of hydrogen-bond acceptors (Lipinski definition) is 1. The first-order valence-corrected chi connectivity index (χ1v) is 18.1. The maximum absolute atomic E-state index is 2.57. The van der Waals surface area contributed by atoms with Crippen LogP contribution in [0.3, 0.4) is 0 Å². The Morgan fingerprint density at radius 1 is 0.479 bits per heavy atom. The molecule has 0 N–H and O–H groups in total. The van der Waals surface area contributed by atoms with Crippen molar-refractivity contribution in [2.75, 3.05) is 4.90 Å². The van der Waals surface area contributed by atoms with Crippen LogP contribution in [-0.2, 0) is 5.41 Å². The van der Waals surface area contributed by atoms with E-state index >= 15 is 0 Å². The highest BCUT2D eigenvalue weighted by Gasteiger charge is 2.77.